The third-order valence-electron chi connectivity index (χ3n) is 12.5. The topological polar surface area (TPSA) is 212 Å². The molecule has 0 bridgehead atoms. The fourth-order valence-corrected chi connectivity index (χ4v) is 10.2. The number of aryl methyl sites for hydroxylation is 1. The predicted molar refractivity (Wildman–Crippen MR) is 255 cm³/mol. The van der Waals surface area contributed by atoms with Gasteiger partial charge in [0.1, 0.15) is 35.8 Å². The van der Waals surface area contributed by atoms with Gasteiger partial charge in [-0.25, -0.2) is 4.98 Å². The van der Waals surface area contributed by atoms with Gasteiger partial charge in [0.25, 0.3) is 5.91 Å². The van der Waals surface area contributed by atoms with Crippen molar-refractivity contribution in [3.8, 4) is 28.0 Å². The molecular weight excluding hydrogens is 894 g/mol. The van der Waals surface area contributed by atoms with Crippen LogP contribution >= 0.6 is 22.9 Å². The van der Waals surface area contributed by atoms with E-state index in [9.17, 15) is 34.3 Å². The molecule has 2 fully saturated rings. The van der Waals surface area contributed by atoms with E-state index in [0.717, 1.165) is 21.7 Å². The molecule has 6 rings (SSSR count). The quantitative estimate of drug-likeness (QED) is 0.0742. The van der Waals surface area contributed by atoms with Gasteiger partial charge in [-0.3, -0.25) is 24.0 Å². The van der Waals surface area contributed by atoms with Crippen LogP contribution in [0.3, 0.4) is 0 Å². The van der Waals surface area contributed by atoms with Crippen LogP contribution in [0.2, 0.25) is 5.02 Å². The number of amides is 5. The molecule has 3 aromatic carbocycles. The Bertz CT molecular complexity index is 2480. The van der Waals surface area contributed by atoms with Crippen LogP contribution in [0.5, 0.6) is 11.5 Å². The fraction of sp³-hybridized carbons (Fsp3) is 0.460. The molecule has 0 radical (unpaired) electrons. The molecule has 3 atom stereocenters. The van der Waals surface area contributed by atoms with Gasteiger partial charge in [0.05, 0.1) is 45.9 Å². The maximum Gasteiger partial charge on any atom is 0.251 e. The molecule has 0 spiro atoms. The number of rotatable bonds is 17. The first-order valence-corrected chi connectivity index (χ1v) is 23.6. The molecule has 2 heterocycles. The molecule has 2 aliphatic rings. The smallest absolute Gasteiger partial charge is 0.251 e. The normalized spacial score (nSPS) is 19.8. The molecule has 15 nitrogen and oxygen atoms in total. The number of thiazole rings is 1. The Kier molecular flexibility index (Phi) is 15.7. The molecule has 1 unspecified atom stereocenters. The SMILES string of the molecule is Cc1ncsc1-c1ccc(CNC(=O)C2C[C@@H](O)CN2C(=O)[C@@H](NC(=O)CNC(=O)CCCOc2ccc(C(=O)NC3C(C)(C)C(Oc4ccc(C#N)c(Cl)c4)C3(C)C)cc2)C(C)(C)C)cc1. The number of carbonyl (C=O) groups is 5. The van der Waals surface area contributed by atoms with E-state index in [4.69, 9.17) is 21.1 Å². The number of ether oxygens (including phenoxy) is 2. The second-order valence-corrected chi connectivity index (χ2v) is 20.8. The third kappa shape index (κ3) is 11.9. The second-order valence-electron chi connectivity index (χ2n) is 19.5. The van der Waals surface area contributed by atoms with E-state index in [1.807, 2.05) is 65.0 Å². The number of likely N-dealkylation sites (tertiary alicyclic amines) is 1. The molecule has 356 valence electrons. The van der Waals surface area contributed by atoms with Crippen LogP contribution in [0.15, 0.2) is 72.2 Å². The van der Waals surface area contributed by atoms with E-state index >= 15 is 0 Å². The minimum Gasteiger partial charge on any atom is -0.494 e. The van der Waals surface area contributed by atoms with E-state index < -0.39 is 52.2 Å². The summed E-state index contributed by atoms with van der Waals surface area (Å²) in [6.07, 6.45) is -0.672. The molecule has 4 aromatic rings. The van der Waals surface area contributed by atoms with Gasteiger partial charge >= 0.3 is 0 Å². The zero-order valence-corrected chi connectivity index (χ0v) is 40.8. The fourth-order valence-electron chi connectivity index (χ4n) is 9.20. The number of nitrogens with one attached hydrogen (secondary N) is 4. The monoisotopic (exact) mass is 953 g/mol. The summed E-state index contributed by atoms with van der Waals surface area (Å²) in [5.41, 5.74) is 3.86. The first-order chi connectivity index (χ1) is 31.6. The summed E-state index contributed by atoms with van der Waals surface area (Å²) in [7, 11) is 0. The zero-order chi connectivity index (χ0) is 48.8. The molecular formula is C50H60ClN7O8S. The number of hydrogen-bond acceptors (Lipinski definition) is 11. The molecule has 1 aliphatic heterocycles. The number of benzene rings is 3. The Labute approximate surface area is 401 Å². The molecule has 5 amide bonds. The largest absolute Gasteiger partial charge is 0.494 e. The molecule has 1 saturated heterocycles. The highest BCUT2D eigenvalue weighted by Crippen LogP contribution is 2.55. The van der Waals surface area contributed by atoms with Crippen molar-refractivity contribution in [2.45, 2.75) is 112 Å². The number of hydrogen-bond donors (Lipinski definition) is 5. The molecule has 67 heavy (non-hydrogen) atoms. The summed E-state index contributed by atoms with van der Waals surface area (Å²) in [5, 5.41) is 31.5. The van der Waals surface area contributed by atoms with E-state index in [2.05, 4.69) is 26.3 Å². The lowest BCUT2D eigenvalue weighted by Gasteiger charge is -2.63. The molecule has 17 heteroatoms. The van der Waals surface area contributed by atoms with Crippen molar-refractivity contribution in [3.05, 3.63) is 99.6 Å². The molecule has 1 saturated carbocycles. The Hall–Kier alpha value is -6.02. The van der Waals surface area contributed by atoms with Crippen LogP contribution in [0.4, 0.5) is 0 Å². The average Bonchev–Trinajstić information content (AvgIpc) is 3.91. The zero-order valence-electron chi connectivity index (χ0n) is 39.2. The third-order valence-corrected chi connectivity index (χ3v) is 13.8. The van der Waals surface area contributed by atoms with E-state index in [1.165, 1.54) is 4.90 Å². The van der Waals surface area contributed by atoms with Gasteiger partial charge in [-0.05, 0) is 66.3 Å². The highest BCUT2D eigenvalue weighted by molar-refractivity contribution is 7.13. The number of aliphatic hydroxyl groups is 1. The Morgan fingerprint density at radius 3 is 2.25 bits per heavy atom. The van der Waals surface area contributed by atoms with Crippen molar-refractivity contribution >= 4 is 52.5 Å². The van der Waals surface area contributed by atoms with Crippen molar-refractivity contribution in [1.82, 2.24) is 31.2 Å². The van der Waals surface area contributed by atoms with Gasteiger partial charge in [0.15, 0.2) is 0 Å². The Morgan fingerprint density at radius 2 is 1.64 bits per heavy atom. The van der Waals surface area contributed by atoms with E-state index in [0.29, 0.717) is 34.1 Å². The van der Waals surface area contributed by atoms with Crippen LogP contribution in [0.1, 0.15) is 94.9 Å². The standard InChI is InChI=1S/C50H60ClN7O8S/c1-29-41(67-28-55-29)31-13-11-30(12-14-31)25-54-44(63)38-22-34(59)27-58(38)45(64)42(48(2,3)4)56-40(61)26-53-39(60)10-9-21-65-35-18-15-32(16-19-35)43(62)57-46-49(5,6)47(50(46,7)8)66-36-20-17-33(24-52)37(51)23-36/h11-20,23,28,34,38,42,46-47,59H,9-10,21-22,25-27H2,1-8H3,(H,53,60)(H,54,63)(H,56,61)(H,57,62)/t34-,38?,42-,46?,47?/m1/s1. The second kappa shape index (κ2) is 20.9. The van der Waals surface area contributed by atoms with Gasteiger partial charge in [-0.1, -0.05) is 84.3 Å². The van der Waals surface area contributed by atoms with Crippen LogP contribution < -0.4 is 30.7 Å². The van der Waals surface area contributed by atoms with Crippen molar-refractivity contribution in [3.63, 3.8) is 0 Å². The lowest BCUT2D eigenvalue weighted by atomic mass is 9.49. The molecule has 1 aliphatic carbocycles. The lowest BCUT2D eigenvalue weighted by molar-refractivity contribution is -0.164. The minimum absolute atomic E-state index is 0.0597. The van der Waals surface area contributed by atoms with Gasteiger partial charge in [-0.2, -0.15) is 5.26 Å². The first kappa shape index (κ1) is 50.4. The molecule has 1 aromatic heterocycles. The van der Waals surface area contributed by atoms with Crippen molar-refractivity contribution in [2.24, 2.45) is 16.2 Å². The number of carbonyl (C=O) groups excluding carboxylic acids is 5. The summed E-state index contributed by atoms with van der Waals surface area (Å²) in [6, 6.07) is 19.3. The van der Waals surface area contributed by atoms with Crippen LogP contribution in [0, 0.1) is 34.5 Å². The highest BCUT2D eigenvalue weighted by atomic mass is 35.5. The van der Waals surface area contributed by atoms with Gasteiger partial charge in [-0.15, -0.1) is 11.3 Å². The summed E-state index contributed by atoms with van der Waals surface area (Å²) >= 11 is 7.78. The maximum absolute atomic E-state index is 14.0. The summed E-state index contributed by atoms with van der Waals surface area (Å²) in [5.74, 6) is -1.04. The van der Waals surface area contributed by atoms with Gasteiger partial charge in [0, 0.05) is 54.4 Å². The number of β-amino-alcohol motifs (C(OH)–C–C–N with tert-alkyl or cyclic N) is 1. The van der Waals surface area contributed by atoms with Crippen LogP contribution in [0.25, 0.3) is 10.4 Å². The van der Waals surface area contributed by atoms with Crippen molar-refractivity contribution < 1.29 is 38.6 Å². The van der Waals surface area contributed by atoms with Crippen LogP contribution in [-0.2, 0) is 25.7 Å². The number of nitrogens with zero attached hydrogens (tertiary/aromatic N) is 3. The number of halogens is 1. The minimum atomic E-state index is -1.04. The highest BCUT2D eigenvalue weighted by Gasteiger charge is 2.64. The Balaban J connectivity index is 0.914. The summed E-state index contributed by atoms with van der Waals surface area (Å²) < 4.78 is 12.2. The summed E-state index contributed by atoms with van der Waals surface area (Å²) in [4.78, 5) is 73.3. The van der Waals surface area contributed by atoms with Crippen molar-refractivity contribution in [2.75, 3.05) is 19.7 Å². The number of nitriles is 1. The van der Waals surface area contributed by atoms with E-state index in [1.54, 1.807) is 80.1 Å². The van der Waals surface area contributed by atoms with Crippen molar-refractivity contribution in [1.29, 1.82) is 5.26 Å². The van der Waals surface area contributed by atoms with Gasteiger partial charge in [0.2, 0.25) is 23.6 Å². The van der Waals surface area contributed by atoms with Crippen LogP contribution in [-0.4, -0.2) is 94.6 Å². The van der Waals surface area contributed by atoms with E-state index in [-0.39, 0.29) is 63.0 Å². The number of aliphatic hydroxyl groups excluding tert-OH is 1. The number of aromatic nitrogens is 1. The van der Waals surface area contributed by atoms with Gasteiger partial charge < -0.3 is 40.7 Å². The lowest BCUT2D eigenvalue weighted by Crippen LogP contribution is -2.74. The maximum atomic E-state index is 14.0. The summed E-state index contributed by atoms with van der Waals surface area (Å²) in [6.45, 7) is 15.5. The first-order valence-electron chi connectivity index (χ1n) is 22.3. The Morgan fingerprint density at radius 1 is 0.970 bits per heavy atom. The average molecular weight is 955 g/mol. The predicted octanol–water partition coefficient (Wildman–Crippen LogP) is 6.34. The molecule has 5 N–H and O–H groups in total.